The molecule has 0 amide bonds. The number of aliphatic imine (C=N–C) groups is 1. The van der Waals surface area contributed by atoms with Crippen LogP contribution in [0.5, 0.6) is 11.5 Å². The van der Waals surface area contributed by atoms with Crippen LogP contribution in [0.4, 0.5) is 0 Å². The van der Waals surface area contributed by atoms with Crippen molar-refractivity contribution in [1.82, 2.24) is 4.98 Å². The number of nitrogens with zero attached hydrogens (tertiary/aromatic N) is 1. The number of methoxy groups -OCH3 is 1. The number of hydrogen-bond donors (Lipinski definition) is 2. The van der Waals surface area contributed by atoms with Gasteiger partial charge in [0.2, 0.25) is 0 Å². The van der Waals surface area contributed by atoms with Gasteiger partial charge in [0.25, 0.3) is 0 Å². The van der Waals surface area contributed by atoms with Gasteiger partial charge < -0.3 is 14.8 Å². The maximum atomic E-state index is 10.1. The molecular weight excluding hydrogens is 216 g/mol. The fraction of sp³-hybridized carbons (Fsp3) is 0.308. The van der Waals surface area contributed by atoms with E-state index >= 15 is 0 Å². The summed E-state index contributed by atoms with van der Waals surface area (Å²) in [6, 6.07) is 3.79. The third-order valence-corrected chi connectivity index (χ3v) is 3.31. The predicted octanol–water partition coefficient (Wildman–Crippen LogP) is 2.25. The number of ether oxygens (including phenoxy) is 1. The third-order valence-electron chi connectivity index (χ3n) is 3.31. The number of aromatic nitrogens is 1. The van der Waals surface area contributed by atoms with Crippen LogP contribution in [0.25, 0.3) is 10.9 Å². The number of hydrogen-bond acceptors (Lipinski definition) is 3. The molecule has 88 valence electrons. The normalized spacial score (nSPS) is 14.6. The summed E-state index contributed by atoms with van der Waals surface area (Å²) in [5.74, 6) is 0.665. The summed E-state index contributed by atoms with van der Waals surface area (Å²) >= 11 is 0. The maximum Gasteiger partial charge on any atom is 0.182 e. The Morgan fingerprint density at radius 2 is 2.24 bits per heavy atom. The molecule has 0 aliphatic carbocycles. The molecule has 1 aliphatic rings. The molecule has 4 nitrogen and oxygen atoms in total. The van der Waals surface area contributed by atoms with Crippen LogP contribution < -0.4 is 4.74 Å². The molecule has 0 saturated carbocycles. The number of aromatic amines is 1. The zero-order chi connectivity index (χ0) is 12.0. The smallest absolute Gasteiger partial charge is 0.182 e. The first-order valence-corrected chi connectivity index (χ1v) is 5.64. The molecule has 2 aromatic rings. The lowest BCUT2D eigenvalue weighted by molar-refractivity contribution is 0.376. The number of nitrogens with one attached hydrogen (secondary N) is 1. The highest BCUT2D eigenvalue weighted by Gasteiger charge is 2.19. The van der Waals surface area contributed by atoms with Gasteiger partial charge in [0.1, 0.15) is 0 Å². The molecule has 1 aromatic heterocycles. The average Bonchev–Trinajstić information content (AvgIpc) is 2.71. The van der Waals surface area contributed by atoms with E-state index in [1.807, 2.05) is 13.0 Å². The monoisotopic (exact) mass is 230 g/mol. The van der Waals surface area contributed by atoms with Crippen molar-refractivity contribution in [3.63, 3.8) is 0 Å². The Balaban J connectivity index is 2.35. The van der Waals surface area contributed by atoms with E-state index in [9.17, 15) is 5.11 Å². The van der Waals surface area contributed by atoms with E-state index in [-0.39, 0.29) is 5.75 Å². The second-order valence-electron chi connectivity index (χ2n) is 4.23. The van der Waals surface area contributed by atoms with Crippen molar-refractivity contribution in [2.45, 2.75) is 13.3 Å². The molecular formula is C13H14N2O2. The van der Waals surface area contributed by atoms with Crippen molar-refractivity contribution >= 4 is 16.6 Å². The van der Waals surface area contributed by atoms with Crippen molar-refractivity contribution in [1.29, 1.82) is 0 Å². The van der Waals surface area contributed by atoms with Crippen molar-refractivity contribution in [2.75, 3.05) is 13.7 Å². The minimum absolute atomic E-state index is 0.173. The van der Waals surface area contributed by atoms with Crippen molar-refractivity contribution in [3.8, 4) is 11.5 Å². The molecule has 17 heavy (non-hydrogen) atoms. The largest absolute Gasteiger partial charge is 0.503 e. The number of aromatic hydroxyl groups is 1. The van der Waals surface area contributed by atoms with Gasteiger partial charge in [-0.2, -0.15) is 0 Å². The van der Waals surface area contributed by atoms with Crippen LogP contribution in [0.1, 0.15) is 18.2 Å². The number of fused-ring (bicyclic) bond motifs is 3. The van der Waals surface area contributed by atoms with Crippen LogP contribution in [-0.4, -0.2) is 29.5 Å². The van der Waals surface area contributed by atoms with Crippen LogP contribution >= 0.6 is 0 Å². The molecule has 0 fully saturated rings. The molecule has 0 bridgehead atoms. The Hall–Kier alpha value is -1.97. The van der Waals surface area contributed by atoms with Gasteiger partial charge in [-0.25, -0.2) is 0 Å². The fourth-order valence-electron chi connectivity index (χ4n) is 2.43. The quantitative estimate of drug-likeness (QED) is 0.789. The Morgan fingerprint density at radius 3 is 3.00 bits per heavy atom. The standard InChI is InChI=1S/C13H14N2O2/c1-7-11-9(5-6-14-7)8-3-4-10(17-2)13(16)12(8)15-11/h3-4,15-16H,5-6H2,1-2H3. The Kier molecular flexibility index (Phi) is 2.11. The van der Waals surface area contributed by atoms with Gasteiger partial charge in [0, 0.05) is 11.9 Å². The first-order chi connectivity index (χ1) is 8.22. The highest BCUT2D eigenvalue weighted by atomic mass is 16.5. The summed E-state index contributed by atoms with van der Waals surface area (Å²) in [7, 11) is 1.55. The third kappa shape index (κ3) is 1.33. The van der Waals surface area contributed by atoms with Gasteiger partial charge >= 0.3 is 0 Å². The number of phenols is 1. The lowest BCUT2D eigenvalue weighted by Crippen LogP contribution is -2.08. The predicted molar refractivity (Wildman–Crippen MR) is 67.3 cm³/mol. The minimum Gasteiger partial charge on any atom is -0.503 e. The van der Waals surface area contributed by atoms with E-state index in [4.69, 9.17) is 4.74 Å². The Labute approximate surface area is 98.9 Å². The fourth-order valence-corrected chi connectivity index (χ4v) is 2.43. The van der Waals surface area contributed by atoms with Crippen LogP contribution in [0, 0.1) is 0 Å². The molecule has 0 spiro atoms. The molecule has 1 aliphatic heterocycles. The summed E-state index contributed by atoms with van der Waals surface area (Å²) in [6.45, 7) is 2.81. The lowest BCUT2D eigenvalue weighted by Gasteiger charge is -2.09. The van der Waals surface area contributed by atoms with E-state index in [1.165, 1.54) is 5.56 Å². The van der Waals surface area contributed by atoms with Gasteiger partial charge in [0.05, 0.1) is 24.0 Å². The summed E-state index contributed by atoms with van der Waals surface area (Å²) in [5, 5.41) is 11.2. The van der Waals surface area contributed by atoms with E-state index < -0.39 is 0 Å². The van der Waals surface area contributed by atoms with Crippen LogP contribution in [0.3, 0.4) is 0 Å². The number of phenolic OH excluding ortho intramolecular Hbond substituents is 1. The summed E-state index contributed by atoms with van der Waals surface area (Å²) in [4.78, 5) is 7.66. The van der Waals surface area contributed by atoms with Crippen LogP contribution in [0.15, 0.2) is 17.1 Å². The van der Waals surface area contributed by atoms with Crippen molar-refractivity contribution in [3.05, 3.63) is 23.4 Å². The highest BCUT2D eigenvalue weighted by molar-refractivity contribution is 6.06. The lowest BCUT2D eigenvalue weighted by atomic mass is 10.0. The van der Waals surface area contributed by atoms with Crippen LogP contribution in [0.2, 0.25) is 0 Å². The molecule has 0 atom stereocenters. The first-order valence-electron chi connectivity index (χ1n) is 5.64. The van der Waals surface area contributed by atoms with Crippen molar-refractivity contribution < 1.29 is 9.84 Å². The number of benzene rings is 1. The SMILES string of the molecule is COc1ccc2c3c([nH]c2c1O)C(C)=NCC3. The topological polar surface area (TPSA) is 57.6 Å². The van der Waals surface area contributed by atoms with Gasteiger partial charge in [0.15, 0.2) is 11.5 Å². The van der Waals surface area contributed by atoms with E-state index in [1.54, 1.807) is 13.2 Å². The summed E-state index contributed by atoms with van der Waals surface area (Å²) < 4.78 is 5.11. The Morgan fingerprint density at radius 1 is 1.41 bits per heavy atom. The first kappa shape index (κ1) is 10.2. The highest BCUT2D eigenvalue weighted by Crippen LogP contribution is 2.37. The molecule has 2 N–H and O–H groups in total. The van der Waals surface area contributed by atoms with Crippen LogP contribution in [-0.2, 0) is 6.42 Å². The molecule has 0 unspecified atom stereocenters. The van der Waals surface area contributed by atoms with E-state index in [2.05, 4.69) is 9.98 Å². The second-order valence-corrected chi connectivity index (χ2v) is 4.23. The number of H-pyrrole nitrogens is 1. The maximum absolute atomic E-state index is 10.1. The van der Waals surface area contributed by atoms with E-state index in [0.717, 1.165) is 35.3 Å². The van der Waals surface area contributed by atoms with Gasteiger partial charge in [-0.1, -0.05) is 0 Å². The average molecular weight is 230 g/mol. The van der Waals surface area contributed by atoms with Crippen molar-refractivity contribution in [2.24, 2.45) is 4.99 Å². The van der Waals surface area contributed by atoms with Gasteiger partial charge in [-0.05, 0) is 31.0 Å². The summed E-state index contributed by atoms with van der Waals surface area (Å²) in [5.41, 5.74) is 4.02. The second kappa shape index (κ2) is 3.52. The zero-order valence-corrected chi connectivity index (χ0v) is 9.87. The van der Waals surface area contributed by atoms with Gasteiger partial charge in [-0.15, -0.1) is 0 Å². The summed E-state index contributed by atoms with van der Waals surface area (Å²) in [6.07, 6.45) is 0.915. The molecule has 2 heterocycles. The molecule has 3 rings (SSSR count). The molecule has 1 aromatic carbocycles. The molecule has 4 heteroatoms. The molecule has 0 radical (unpaired) electrons. The number of rotatable bonds is 1. The minimum atomic E-state index is 0.173. The Bertz CT molecular complexity index is 626. The molecule has 0 saturated heterocycles. The van der Waals surface area contributed by atoms with E-state index in [0.29, 0.717) is 5.75 Å². The zero-order valence-electron chi connectivity index (χ0n) is 9.87. The van der Waals surface area contributed by atoms with Gasteiger partial charge in [-0.3, -0.25) is 4.99 Å².